The first-order valence-electron chi connectivity index (χ1n) is 5.86. The quantitative estimate of drug-likeness (QED) is 0.824. The first-order valence-corrected chi connectivity index (χ1v) is 7.05. The van der Waals surface area contributed by atoms with E-state index in [1.807, 2.05) is 6.07 Å². The highest BCUT2D eigenvalue weighted by Gasteiger charge is 2.16. The number of rotatable bonds is 5. The maximum atomic E-state index is 13.5. The number of thiophene rings is 1. The Bertz CT molecular complexity index is 636. The van der Waals surface area contributed by atoms with Crippen molar-refractivity contribution in [1.82, 2.24) is 0 Å². The zero-order valence-corrected chi connectivity index (χ0v) is 12.5. The van der Waals surface area contributed by atoms with Crippen LogP contribution in [0.2, 0.25) is 4.34 Å². The second kappa shape index (κ2) is 6.44. The largest absolute Gasteiger partial charge is 0.432 e. The summed E-state index contributed by atoms with van der Waals surface area (Å²) in [4.78, 5) is 2.66. The van der Waals surface area contributed by atoms with Crippen molar-refractivity contribution in [2.75, 3.05) is 17.7 Å². The summed E-state index contributed by atoms with van der Waals surface area (Å²) in [5.41, 5.74) is 6.27. The fourth-order valence-electron chi connectivity index (χ4n) is 1.83. The maximum absolute atomic E-state index is 13.5. The lowest BCUT2D eigenvalue weighted by Crippen LogP contribution is -2.18. The van der Waals surface area contributed by atoms with Gasteiger partial charge in [0.25, 0.3) is 0 Å². The molecule has 1 aromatic heterocycles. The molecule has 0 amide bonds. The number of nitrogen functional groups attached to an aromatic ring is 1. The fraction of sp³-hybridized carbons (Fsp3) is 0.231. The van der Waals surface area contributed by atoms with Crippen LogP contribution in [0.4, 0.5) is 24.5 Å². The molecule has 0 spiro atoms. The molecule has 2 aromatic rings. The molecule has 0 aliphatic heterocycles. The van der Waals surface area contributed by atoms with Gasteiger partial charge in [0, 0.05) is 24.1 Å². The fourth-order valence-corrected chi connectivity index (χ4v) is 2.97. The Kier molecular flexibility index (Phi) is 4.84. The van der Waals surface area contributed by atoms with Gasteiger partial charge in [0.05, 0.1) is 22.3 Å². The topological polar surface area (TPSA) is 38.5 Å². The molecule has 0 radical (unpaired) electrons. The molecule has 1 aromatic carbocycles. The third-order valence-corrected chi connectivity index (χ3v) is 3.95. The van der Waals surface area contributed by atoms with Crippen molar-refractivity contribution in [3.63, 3.8) is 0 Å². The second-order valence-corrected chi connectivity index (χ2v) is 6.08. The number of hydrogen-bond acceptors (Lipinski definition) is 4. The number of halogens is 4. The highest BCUT2D eigenvalue weighted by Crippen LogP contribution is 2.33. The molecular weight excluding hydrogens is 325 g/mol. The summed E-state index contributed by atoms with van der Waals surface area (Å²) in [6.45, 7) is -2.64. The zero-order chi connectivity index (χ0) is 15.6. The van der Waals surface area contributed by atoms with Crippen LogP contribution >= 0.6 is 22.9 Å². The molecule has 0 saturated carbocycles. The van der Waals surface area contributed by atoms with E-state index in [1.54, 1.807) is 18.0 Å². The minimum Gasteiger partial charge on any atom is -0.432 e. The van der Waals surface area contributed by atoms with Gasteiger partial charge in [-0.25, -0.2) is 4.39 Å². The van der Waals surface area contributed by atoms with Crippen molar-refractivity contribution in [3.05, 3.63) is 39.3 Å². The number of alkyl halides is 2. The van der Waals surface area contributed by atoms with Gasteiger partial charge in [-0.05, 0) is 12.1 Å². The summed E-state index contributed by atoms with van der Waals surface area (Å²) in [6, 6.07) is 5.73. The monoisotopic (exact) mass is 336 g/mol. The summed E-state index contributed by atoms with van der Waals surface area (Å²) >= 11 is 7.24. The van der Waals surface area contributed by atoms with Crippen LogP contribution in [0.25, 0.3) is 0 Å². The number of nitrogens with zero attached hydrogens (tertiary/aromatic N) is 1. The molecule has 3 nitrogen and oxygen atoms in total. The number of hydrogen-bond donors (Lipinski definition) is 1. The van der Waals surface area contributed by atoms with Gasteiger partial charge < -0.3 is 15.4 Å². The van der Waals surface area contributed by atoms with Crippen LogP contribution in [0.5, 0.6) is 5.75 Å². The van der Waals surface area contributed by atoms with Crippen molar-refractivity contribution in [3.8, 4) is 5.75 Å². The van der Waals surface area contributed by atoms with Gasteiger partial charge in [-0.3, -0.25) is 0 Å². The van der Waals surface area contributed by atoms with E-state index in [-0.39, 0.29) is 5.69 Å². The molecular formula is C13H12ClF3N2OS. The number of nitrogens with two attached hydrogens (primary N) is 1. The van der Waals surface area contributed by atoms with Crippen LogP contribution in [0.1, 0.15) is 4.88 Å². The van der Waals surface area contributed by atoms with Gasteiger partial charge in [-0.1, -0.05) is 11.6 Å². The molecule has 0 saturated heterocycles. The summed E-state index contributed by atoms with van der Waals surface area (Å²) in [5, 5.41) is 0. The van der Waals surface area contributed by atoms with Crippen LogP contribution in [0.15, 0.2) is 24.3 Å². The predicted molar refractivity (Wildman–Crippen MR) is 78.9 cm³/mol. The number of ether oxygens (including phenoxy) is 1. The van der Waals surface area contributed by atoms with Crippen molar-refractivity contribution >= 4 is 34.3 Å². The molecule has 2 rings (SSSR count). The molecule has 8 heteroatoms. The molecule has 0 aliphatic carbocycles. The summed E-state index contributed by atoms with van der Waals surface area (Å²) in [5.74, 6) is -1.46. The summed E-state index contributed by atoms with van der Waals surface area (Å²) in [6.07, 6.45) is 0. The summed E-state index contributed by atoms with van der Waals surface area (Å²) < 4.78 is 42.8. The van der Waals surface area contributed by atoms with Crippen molar-refractivity contribution < 1.29 is 17.9 Å². The molecule has 0 fully saturated rings. The van der Waals surface area contributed by atoms with E-state index in [9.17, 15) is 13.2 Å². The number of anilines is 2. The number of benzene rings is 1. The van der Waals surface area contributed by atoms with E-state index in [0.717, 1.165) is 17.0 Å². The molecule has 0 unspecified atom stereocenters. The van der Waals surface area contributed by atoms with E-state index in [2.05, 4.69) is 4.74 Å². The molecule has 0 aliphatic rings. The van der Waals surface area contributed by atoms with Crippen molar-refractivity contribution in [2.45, 2.75) is 13.2 Å². The maximum Gasteiger partial charge on any atom is 0.387 e. The van der Waals surface area contributed by atoms with E-state index >= 15 is 0 Å². The first-order chi connectivity index (χ1) is 9.86. The van der Waals surface area contributed by atoms with E-state index in [1.165, 1.54) is 11.3 Å². The zero-order valence-electron chi connectivity index (χ0n) is 10.9. The third kappa shape index (κ3) is 3.95. The van der Waals surface area contributed by atoms with E-state index in [4.69, 9.17) is 17.3 Å². The van der Waals surface area contributed by atoms with Crippen molar-refractivity contribution in [2.24, 2.45) is 0 Å². The SMILES string of the molecule is CN(Cc1ccc(Cl)s1)c1cc(OC(F)F)c(F)cc1N. The average Bonchev–Trinajstić information content (AvgIpc) is 2.77. The van der Waals surface area contributed by atoms with Crippen molar-refractivity contribution in [1.29, 1.82) is 0 Å². The first kappa shape index (κ1) is 15.8. The molecule has 114 valence electrons. The Morgan fingerprint density at radius 2 is 2.10 bits per heavy atom. The highest BCUT2D eigenvalue weighted by atomic mass is 35.5. The van der Waals surface area contributed by atoms with Crippen LogP contribution in [-0.4, -0.2) is 13.7 Å². The molecule has 0 atom stereocenters. The Morgan fingerprint density at radius 3 is 2.67 bits per heavy atom. The Labute approximate surface area is 128 Å². The van der Waals surface area contributed by atoms with Crippen LogP contribution in [0, 0.1) is 5.82 Å². The Hall–Kier alpha value is -1.60. The van der Waals surface area contributed by atoms with E-state index in [0.29, 0.717) is 16.6 Å². The third-order valence-electron chi connectivity index (χ3n) is 2.73. The van der Waals surface area contributed by atoms with Gasteiger partial charge in [-0.15, -0.1) is 11.3 Å². The van der Waals surface area contributed by atoms with E-state index < -0.39 is 18.2 Å². The Balaban J connectivity index is 2.25. The standard InChI is InChI=1S/C13H12ClF3N2OS/c1-19(6-7-2-3-12(14)21-7)10-5-11(20-13(16)17)8(15)4-9(10)18/h2-5,13H,6,18H2,1H3. The molecule has 0 bridgehead atoms. The average molecular weight is 337 g/mol. The van der Waals surface area contributed by atoms with Gasteiger partial charge in [-0.2, -0.15) is 8.78 Å². The van der Waals surface area contributed by atoms with Crippen LogP contribution in [-0.2, 0) is 6.54 Å². The Morgan fingerprint density at radius 1 is 1.38 bits per heavy atom. The summed E-state index contributed by atoms with van der Waals surface area (Å²) in [7, 11) is 1.71. The van der Waals surface area contributed by atoms with Gasteiger partial charge in [0.2, 0.25) is 0 Å². The van der Waals surface area contributed by atoms with Gasteiger partial charge >= 0.3 is 6.61 Å². The minimum absolute atomic E-state index is 0.138. The lowest BCUT2D eigenvalue weighted by atomic mass is 10.2. The van der Waals surface area contributed by atoms with Crippen LogP contribution < -0.4 is 15.4 Å². The second-order valence-electron chi connectivity index (χ2n) is 4.28. The smallest absolute Gasteiger partial charge is 0.387 e. The van der Waals surface area contributed by atoms with Gasteiger partial charge in [0.15, 0.2) is 11.6 Å². The minimum atomic E-state index is -3.10. The predicted octanol–water partition coefficient (Wildman–Crippen LogP) is 4.36. The highest BCUT2D eigenvalue weighted by molar-refractivity contribution is 7.16. The lowest BCUT2D eigenvalue weighted by Gasteiger charge is -2.21. The van der Waals surface area contributed by atoms with Crippen LogP contribution in [0.3, 0.4) is 0 Å². The normalized spacial score (nSPS) is 11.0. The lowest BCUT2D eigenvalue weighted by molar-refractivity contribution is -0.0521. The van der Waals surface area contributed by atoms with Gasteiger partial charge in [0.1, 0.15) is 0 Å². The molecule has 1 heterocycles. The molecule has 21 heavy (non-hydrogen) atoms. The molecule has 2 N–H and O–H groups in total.